The summed E-state index contributed by atoms with van der Waals surface area (Å²) in [7, 11) is 0. The van der Waals surface area contributed by atoms with Gasteiger partial charge in [-0.1, -0.05) is 0 Å². The van der Waals surface area contributed by atoms with Gasteiger partial charge in [-0.05, 0) is 40.2 Å². The van der Waals surface area contributed by atoms with Crippen LogP contribution in [0.3, 0.4) is 0 Å². The van der Waals surface area contributed by atoms with Crippen LogP contribution in [0.5, 0.6) is 0 Å². The highest BCUT2D eigenvalue weighted by molar-refractivity contribution is 9.11. The molecule has 0 aromatic carbocycles. The minimum Gasteiger partial charge on any atom is -0.478 e. The Morgan fingerprint density at radius 3 is 2.78 bits per heavy atom. The van der Waals surface area contributed by atoms with E-state index in [1.807, 2.05) is 18.3 Å². The van der Waals surface area contributed by atoms with Gasteiger partial charge in [0.05, 0.1) is 19.9 Å². The highest BCUT2D eigenvalue weighted by Crippen LogP contribution is 2.30. The Morgan fingerprint density at radius 2 is 2.11 bits per heavy atom. The molecule has 0 bridgehead atoms. The smallest absolute Gasteiger partial charge is 0.337 e. The molecule has 0 fully saturated rings. The monoisotopic (exact) mass is 322 g/mol. The van der Waals surface area contributed by atoms with Gasteiger partial charge in [0.2, 0.25) is 0 Å². The molecule has 0 saturated carbocycles. The predicted octanol–water partition coefficient (Wildman–Crippen LogP) is 3.52. The molecule has 4 nitrogen and oxygen atoms in total. The second-order valence-corrected chi connectivity index (χ2v) is 6.18. The van der Waals surface area contributed by atoms with Crippen molar-refractivity contribution < 1.29 is 9.90 Å². The highest BCUT2D eigenvalue weighted by atomic mass is 79.9. The summed E-state index contributed by atoms with van der Waals surface area (Å²) in [5, 5.41) is 8.93. The van der Waals surface area contributed by atoms with Crippen molar-refractivity contribution in [3.8, 4) is 10.6 Å². The van der Waals surface area contributed by atoms with Crippen LogP contribution < -0.4 is 0 Å². The second kappa shape index (κ2) is 4.22. The molecule has 1 N–H and O–H groups in total. The van der Waals surface area contributed by atoms with Crippen LogP contribution >= 0.6 is 27.3 Å². The van der Waals surface area contributed by atoms with Gasteiger partial charge in [-0.2, -0.15) is 0 Å². The van der Waals surface area contributed by atoms with Crippen LogP contribution in [0.1, 0.15) is 10.4 Å². The van der Waals surface area contributed by atoms with Gasteiger partial charge in [-0.3, -0.25) is 0 Å². The van der Waals surface area contributed by atoms with Crippen molar-refractivity contribution >= 4 is 38.9 Å². The fraction of sp³-hybridized carbons (Fsp3) is 0. The third-order valence-corrected chi connectivity index (χ3v) is 4.17. The Bertz CT molecular complexity index is 747. The van der Waals surface area contributed by atoms with Gasteiger partial charge >= 0.3 is 5.97 Å². The Balaban J connectivity index is 2.13. The lowest BCUT2D eigenvalue weighted by Crippen LogP contribution is -1.97. The van der Waals surface area contributed by atoms with E-state index < -0.39 is 5.97 Å². The molecule has 18 heavy (non-hydrogen) atoms. The Kier molecular flexibility index (Phi) is 2.68. The lowest BCUT2D eigenvalue weighted by atomic mass is 10.3. The van der Waals surface area contributed by atoms with Crippen molar-refractivity contribution in [2.75, 3.05) is 0 Å². The summed E-state index contributed by atoms with van der Waals surface area (Å²) in [5.41, 5.74) is 1.83. The molecule has 3 aromatic heterocycles. The first-order valence-corrected chi connectivity index (χ1v) is 6.72. The van der Waals surface area contributed by atoms with Crippen molar-refractivity contribution in [2.24, 2.45) is 0 Å². The van der Waals surface area contributed by atoms with Crippen LogP contribution in [0.4, 0.5) is 0 Å². The molecule has 6 heteroatoms. The zero-order chi connectivity index (χ0) is 12.7. The van der Waals surface area contributed by atoms with Crippen LogP contribution in [0, 0.1) is 0 Å². The average Bonchev–Trinajstić information content (AvgIpc) is 2.93. The van der Waals surface area contributed by atoms with E-state index in [9.17, 15) is 4.79 Å². The summed E-state index contributed by atoms with van der Waals surface area (Å²) < 4.78 is 2.77. The van der Waals surface area contributed by atoms with Crippen molar-refractivity contribution in [1.82, 2.24) is 9.38 Å². The maximum Gasteiger partial charge on any atom is 0.337 e. The quantitative estimate of drug-likeness (QED) is 0.785. The summed E-state index contributed by atoms with van der Waals surface area (Å²) in [4.78, 5) is 16.4. The summed E-state index contributed by atoms with van der Waals surface area (Å²) in [5.74, 6) is -0.939. The van der Waals surface area contributed by atoms with Gasteiger partial charge in [0.25, 0.3) is 0 Å². The van der Waals surface area contributed by atoms with Crippen LogP contribution in [-0.4, -0.2) is 20.5 Å². The zero-order valence-corrected chi connectivity index (χ0v) is 11.4. The van der Waals surface area contributed by atoms with Crippen LogP contribution in [-0.2, 0) is 0 Å². The first kappa shape index (κ1) is 11.4. The van der Waals surface area contributed by atoms with E-state index >= 15 is 0 Å². The molecule has 90 valence electrons. The number of aromatic carboxylic acids is 1. The van der Waals surface area contributed by atoms with Crippen LogP contribution in [0.25, 0.3) is 16.2 Å². The number of fused-ring (bicyclic) bond motifs is 1. The lowest BCUT2D eigenvalue weighted by Gasteiger charge is -1.95. The number of pyridine rings is 1. The topological polar surface area (TPSA) is 54.6 Å². The van der Waals surface area contributed by atoms with E-state index in [0.717, 1.165) is 20.0 Å². The fourth-order valence-electron chi connectivity index (χ4n) is 1.69. The number of nitrogens with zero attached hydrogens (tertiary/aromatic N) is 2. The van der Waals surface area contributed by atoms with E-state index in [2.05, 4.69) is 20.9 Å². The zero-order valence-electron chi connectivity index (χ0n) is 9.00. The minimum absolute atomic E-state index is 0.249. The van der Waals surface area contributed by atoms with Crippen molar-refractivity contribution in [3.05, 3.63) is 46.0 Å². The number of imidazole rings is 1. The number of halogens is 1. The van der Waals surface area contributed by atoms with E-state index in [1.54, 1.807) is 34.1 Å². The van der Waals surface area contributed by atoms with Crippen LogP contribution in [0.2, 0.25) is 0 Å². The Morgan fingerprint density at radius 1 is 1.28 bits per heavy atom. The van der Waals surface area contributed by atoms with E-state index in [1.165, 1.54) is 0 Å². The standard InChI is InChI=1S/C12H7BrN2O2S/c13-10-3-2-9(18-10)8-6-15-5-7(12(16)17)1-4-11(15)14-8/h1-6H,(H,16,17). The fourth-order valence-corrected chi connectivity index (χ4v) is 3.03. The normalized spacial score (nSPS) is 10.9. The van der Waals surface area contributed by atoms with Gasteiger partial charge in [-0.15, -0.1) is 11.3 Å². The van der Waals surface area contributed by atoms with Crippen molar-refractivity contribution in [3.63, 3.8) is 0 Å². The molecule has 0 atom stereocenters. The first-order valence-electron chi connectivity index (χ1n) is 5.11. The molecule has 0 amide bonds. The minimum atomic E-state index is -0.939. The Hall–Kier alpha value is -1.66. The van der Waals surface area contributed by atoms with E-state index in [0.29, 0.717) is 0 Å². The maximum atomic E-state index is 10.9. The average molecular weight is 323 g/mol. The molecule has 3 rings (SSSR count). The second-order valence-electron chi connectivity index (χ2n) is 3.72. The summed E-state index contributed by atoms with van der Waals surface area (Å²) in [6.07, 6.45) is 3.40. The van der Waals surface area contributed by atoms with E-state index in [-0.39, 0.29) is 5.56 Å². The van der Waals surface area contributed by atoms with Gasteiger partial charge in [-0.25, -0.2) is 9.78 Å². The predicted molar refractivity (Wildman–Crippen MR) is 73.2 cm³/mol. The van der Waals surface area contributed by atoms with Gasteiger partial charge < -0.3 is 9.51 Å². The molecular weight excluding hydrogens is 316 g/mol. The number of thiophene rings is 1. The summed E-state index contributed by atoms with van der Waals surface area (Å²) in [6.45, 7) is 0. The molecule has 0 radical (unpaired) electrons. The number of rotatable bonds is 2. The number of hydrogen-bond donors (Lipinski definition) is 1. The summed E-state index contributed by atoms with van der Waals surface area (Å²) >= 11 is 5.00. The molecule has 0 saturated heterocycles. The third kappa shape index (κ3) is 1.93. The highest BCUT2D eigenvalue weighted by Gasteiger charge is 2.09. The molecule has 3 aromatic rings. The van der Waals surface area contributed by atoms with Gasteiger partial charge in [0, 0.05) is 12.4 Å². The van der Waals surface area contributed by atoms with Gasteiger partial charge in [0.15, 0.2) is 0 Å². The number of hydrogen-bond acceptors (Lipinski definition) is 3. The SMILES string of the molecule is O=C(O)c1ccc2nc(-c3ccc(Br)s3)cn2c1. The largest absolute Gasteiger partial charge is 0.478 e. The number of carbonyl (C=O) groups is 1. The van der Waals surface area contributed by atoms with Gasteiger partial charge in [0.1, 0.15) is 5.65 Å². The molecule has 0 spiro atoms. The molecule has 3 heterocycles. The summed E-state index contributed by atoms with van der Waals surface area (Å²) in [6, 6.07) is 7.20. The molecule has 0 aliphatic heterocycles. The lowest BCUT2D eigenvalue weighted by molar-refractivity contribution is 0.0696. The molecular formula is C12H7BrN2O2S. The number of carboxylic acids is 1. The van der Waals surface area contributed by atoms with Crippen molar-refractivity contribution in [1.29, 1.82) is 0 Å². The van der Waals surface area contributed by atoms with Crippen LogP contribution in [0.15, 0.2) is 40.4 Å². The first-order chi connectivity index (χ1) is 8.63. The molecule has 0 unspecified atom stereocenters. The van der Waals surface area contributed by atoms with E-state index in [4.69, 9.17) is 5.11 Å². The molecule has 0 aliphatic carbocycles. The Labute approximate surface area is 115 Å². The maximum absolute atomic E-state index is 10.9. The van der Waals surface area contributed by atoms with Crippen molar-refractivity contribution in [2.45, 2.75) is 0 Å². The third-order valence-electron chi connectivity index (χ3n) is 2.52. The molecule has 0 aliphatic rings. The number of aromatic nitrogens is 2. The number of carboxylic acid groups (broad SMARTS) is 1.